The molecule has 1 unspecified atom stereocenters. The Kier molecular flexibility index (Phi) is 4.70. The third-order valence-electron chi connectivity index (χ3n) is 6.06. The second-order valence-corrected chi connectivity index (χ2v) is 10.1. The molecular formula is C29H22N3P. The SMILES string of the molecule is [2H]c1cccc(-n2c3ccccc3c3ccc(-c4cccc(P(C)c5ccccn5)c4)cc32)n1. The Hall–Kier alpha value is -3.81. The molecule has 0 fully saturated rings. The lowest BCUT2D eigenvalue weighted by molar-refractivity contribution is 1.08. The number of hydrogen-bond acceptors (Lipinski definition) is 2. The summed E-state index contributed by atoms with van der Waals surface area (Å²) < 4.78 is 10.2. The van der Waals surface area contributed by atoms with Crippen molar-refractivity contribution in [3.05, 3.63) is 115 Å². The van der Waals surface area contributed by atoms with Gasteiger partial charge in [-0.2, -0.15) is 0 Å². The van der Waals surface area contributed by atoms with Crippen LogP contribution in [0, 0.1) is 0 Å². The minimum Gasteiger partial charge on any atom is -0.294 e. The maximum atomic E-state index is 8.04. The first-order valence-corrected chi connectivity index (χ1v) is 12.7. The van der Waals surface area contributed by atoms with Crippen LogP contribution in [0.15, 0.2) is 115 Å². The normalized spacial score (nSPS) is 12.7. The van der Waals surface area contributed by atoms with E-state index in [1.54, 1.807) is 6.07 Å². The number of fused-ring (bicyclic) bond motifs is 3. The zero-order valence-corrected chi connectivity index (χ0v) is 19.1. The highest BCUT2D eigenvalue weighted by Crippen LogP contribution is 2.35. The lowest BCUT2D eigenvalue weighted by Crippen LogP contribution is -2.13. The Balaban J connectivity index is 1.52. The van der Waals surface area contributed by atoms with Gasteiger partial charge in [-0.05, 0) is 73.5 Å². The van der Waals surface area contributed by atoms with Gasteiger partial charge in [0.2, 0.25) is 0 Å². The number of rotatable bonds is 4. The lowest BCUT2D eigenvalue weighted by Gasteiger charge is -2.13. The lowest BCUT2D eigenvalue weighted by atomic mass is 10.0. The van der Waals surface area contributed by atoms with Crippen LogP contribution < -0.4 is 10.7 Å². The molecule has 33 heavy (non-hydrogen) atoms. The van der Waals surface area contributed by atoms with Crippen LogP contribution >= 0.6 is 7.92 Å². The van der Waals surface area contributed by atoms with Crippen LogP contribution in [-0.4, -0.2) is 21.2 Å². The number of para-hydroxylation sites is 1. The molecule has 0 saturated carbocycles. The van der Waals surface area contributed by atoms with Crippen LogP contribution in [0.25, 0.3) is 38.8 Å². The summed E-state index contributed by atoms with van der Waals surface area (Å²) in [6, 6.07) is 35.5. The van der Waals surface area contributed by atoms with Gasteiger partial charge in [0, 0.05) is 23.1 Å². The first kappa shape index (κ1) is 18.7. The van der Waals surface area contributed by atoms with E-state index in [1.165, 1.54) is 21.6 Å². The fourth-order valence-electron chi connectivity index (χ4n) is 4.42. The fraction of sp³-hybridized carbons (Fsp3) is 0.0345. The van der Waals surface area contributed by atoms with E-state index in [-0.39, 0.29) is 6.17 Å². The molecule has 158 valence electrons. The summed E-state index contributed by atoms with van der Waals surface area (Å²) in [6.07, 6.45) is 2.13. The predicted molar refractivity (Wildman–Crippen MR) is 140 cm³/mol. The molecular weight excluding hydrogens is 421 g/mol. The van der Waals surface area contributed by atoms with Gasteiger partial charge in [-0.15, -0.1) is 0 Å². The molecule has 0 N–H and O–H groups in total. The van der Waals surface area contributed by atoms with Crippen molar-refractivity contribution in [2.75, 3.05) is 6.66 Å². The summed E-state index contributed by atoms with van der Waals surface area (Å²) in [5, 5.41) is 3.66. The molecule has 0 spiro atoms. The molecule has 6 aromatic rings. The molecule has 0 aliphatic heterocycles. The van der Waals surface area contributed by atoms with Gasteiger partial charge in [-0.25, -0.2) is 4.98 Å². The van der Waals surface area contributed by atoms with Gasteiger partial charge in [0.1, 0.15) is 5.82 Å². The fourth-order valence-corrected chi connectivity index (χ4v) is 5.87. The van der Waals surface area contributed by atoms with Gasteiger partial charge in [0.25, 0.3) is 0 Å². The molecule has 4 heteroatoms. The van der Waals surface area contributed by atoms with E-state index in [4.69, 9.17) is 1.37 Å². The number of nitrogens with zero attached hydrogens (tertiary/aromatic N) is 3. The largest absolute Gasteiger partial charge is 0.294 e. The van der Waals surface area contributed by atoms with Gasteiger partial charge >= 0.3 is 0 Å². The Morgan fingerprint density at radius 3 is 2.39 bits per heavy atom. The van der Waals surface area contributed by atoms with E-state index in [9.17, 15) is 0 Å². The van der Waals surface area contributed by atoms with Crippen molar-refractivity contribution >= 4 is 40.5 Å². The highest BCUT2D eigenvalue weighted by Gasteiger charge is 2.14. The minimum absolute atomic E-state index is 0.262. The number of aromatic nitrogens is 3. The molecule has 0 amide bonds. The van der Waals surface area contributed by atoms with Crippen molar-refractivity contribution in [2.24, 2.45) is 0 Å². The Bertz CT molecular complexity index is 1640. The summed E-state index contributed by atoms with van der Waals surface area (Å²) in [5.41, 5.74) is 5.65. The van der Waals surface area contributed by atoms with Crippen LogP contribution in [-0.2, 0) is 0 Å². The van der Waals surface area contributed by atoms with Crippen molar-refractivity contribution in [3.63, 3.8) is 0 Å². The van der Waals surface area contributed by atoms with Crippen molar-refractivity contribution < 1.29 is 1.37 Å². The van der Waals surface area contributed by atoms with Gasteiger partial charge in [-0.3, -0.25) is 9.55 Å². The van der Waals surface area contributed by atoms with E-state index in [0.717, 1.165) is 27.8 Å². The molecule has 0 bridgehead atoms. The number of hydrogen-bond donors (Lipinski definition) is 0. The van der Waals surface area contributed by atoms with E-state index in [1.807, 2.05) is 30.5 Å². The van der Waals surface area contributed by atoms with Gasteiger partial charge in [0.15, 0.2) is 0 Å². The standard InChI is InChI=1S/C29H22N3P/c1-33(29-14-5-7-18-31-29)23-10-8-9-21(19-23)22-15-16-25-24-11-2-3-12-26(24)32(27(25)20-22)28-13-4-6-17-30-28/h2-20H,1H3/i17D. The first-order valence-electron chi connectivity index (χ1n) is 11.4. The molecule has 0 aliphatic rings. The second-order valence-electron chi connectivity index (χ2n) is 8.01. The van der Waals surface area contributed by atoms with Gasteiger partial charge in [-0.1, -0.05) is 60.7 Å². The van der Waals surface area contributed by atoms with Crippen LogP contribution in [0.4, 0.5) is 0 Å². The Morgan fingerprint density at radius 1 is 0.697 bits per heavy atom. The number of pyridine rings is 2. The summed E-state index contributed by atoms with van der Waals surface area (Å²) in [5.74, 6) is 0.761. The molecule has 0 saturated heterocycles. The molecule has 3 aromatic carbocycles. The summed E-state index contributed by atoms with van der Waals surface area (Å²) in [7, 11) is -0.521. The van der Waals surface area contributed by atoms with Crippen LogP contribution in [0.1, 0.15) is 1.37 Å². The third kappa shape index (κ3) is 3.51. The topological polar surface area (TPSA) is 30.7 Å². The van der Waals surface area contributed by atoms with Gasteiger partial charge in [0.05, 0.1) is 17.8 Å². The molecule has 3 nitrogen and oxygen atoms in total. The minimum atomic E-state index is -0.521. The highest BCUT2D eigenvalue weighted by molar-refractivity contribution is 7.72. The van der Waals surface area contributed by atoms with E-state index in [2.05, 4.69) is 94.0 Å². The van der Waals surface area contributed by atoms with E-state index >= 15 is 0 Å². The number of benzene rings is 3. The third-order valence-corrected chi connectivity index (χ3v) is 8.06. The van der Waals surface area contributed by atoms with Crippen molar-refractivity contribution in [3.8, 4) is 16.9 Å². The Labute approximate surface area is 195 Å². The van der Waals surface area contributed by atoms with Crippen molar-refractivity contribution in [1.29, 1.82) is 0 Å². The zero-order chi connectivity index (χ0) is 23.1. The van der Waals surface area contributed by atoms with Crippen LogP contribution in [0.5, 0.6) is 0 Å². The Morgan fingerprint density at radius 2 is 1.52 bits per heavy atom. The zero-order valence-electron chi connectivity index (χ0n) is 19.2. The molecule has 6 rings (SSSR count). The smallest absolute Gasteiger partial charge is 0.137 e. The average molecular weight is 444 g/mol. The predicted octanol–water partition coefficient (Wildman–Crippen LogP) is 6.30. The summed E-state index contributed by atoms with van der Waals surface area (Å²) in [4.78, 5) is 9.09. The van der Waals surface area contributed by atoms with Crippen molar-refractivity contribution in [2.45, 2.75) is 0 Å². The quantitative estimate of drug-likeness (QED) is 0.299. The summed E-state index contributed by atoms with van der Waals surface area (Å²) >= 11 is 0. The van der Waals surface area contributed by atoms with Gasteiger partial charge < -0.3 is 0 Å². The van der Waals surface area contributed by atoms with Crippen LogP contribution in [0.2, 0.25) is 0 Å². The monoisotopic (exact) mass is 444 g/mol. The first-order chi connectivity index (χ1) is 16.7. The van der Waals surface area contributed by atoms with E-state index in [0.29, 0.717) is 0 Å². The highest BCUT2D eigenvalue weighted by atomic mass is 31.1. The van der Waals surface area contributed by atoms with E-state index < -0.39 is 7.92 Å². The molecule has 1 atom stereocenters. The molecule has 3 aromatic heterocycles. The molecule has 0 radical (unpaired) electrons. The summed E-state index contributed by atoms with van der Waals surface area (Å²) in [6.45, 7) is 2.26. The second kappa shape index (κ2) is 8.27. The van der Waals surface area contributed by atoms with Crippen LogP contribution in [0.3, 0.4) is 0 Å². The maximum absolute atomic E-state index is 8.04. The molecule has 3 heterocycles. The van der Waals surface area contributed by atoms with Crippen molar-refractivity contribution in [1.82, 2.24) is 14.5 Å². The molecule has 0 aliphatic carbocycles. The average Bonchev–Trinajstić information content (AvgIpc) is 3.22. The maximum Gasteiger partial charge on any atom is 0.137 e.